The lowest BCUT2D eigenvalue weighted by atomic mass is 9.91. The lowest BCUT2D eigenvalue weighted by Crippen LogP contribution is -2.40. The molecule has 0 unspecified atom stereocenters. The van der Waals surface area contributed by atoms with Crippen molar-refractivity contribution < 1.29 is 13.2 Å². The van der Waals surface area contributed by atoms with Crippen LogP contribution in [0.4, 0.5) is 11.8 Å². The van der Waals surface area contributed by atoms with Crippen LogP contribution in [-0.2, 0) is 9.84 Å². The molecule has 33 heavy (non-hydrogen) atoms. The minimum Gasteiger partial charge on any atom is -0.362 e. The fourth-order valence-electron chi connectivity index (χ4n) is 4.15. The van der Waals surface area contributed by atoms with Gasteiger partial charge in [0.1, 0.15) is 5.82 Å². The summed E-state index contributed by atoms with van der Waals surface area (Å²) in [5.41, 5.74) is 1.37. The zero-order chi connectivity index (χ0) is 23.6. The molecule has 2 aromatic carbocycles. The predicted octanol–water partition coefficient (Wildman–Crippen LogP) is 3.25. The molecule has 1 aliphatic rings. The zero-order valence-electron chi connectivity index (χ0n) is 19.1. The summed E-state index contributed by atoms with van der Waals surface area (Å²) < 4.78 is 23.2. The van der Waals surface area contributed by atoms with Crippen LogP contribution in [-0.4, -0.2) is 56.7 Å². The Morgan fingerprint density at radius 2 is 1.58 bits per heavy atom. The van der Waals surface area contributed by atoms with Gasteiger partial charge >= 0.3 is 0 Å². The monoisotopic (exact) mass is 467 g/mol. The molecule has 1 fully saturated rings. The van der Waals surface area contributed by atoms with Crippen molar-refractivity contribution >= 4 is 38.4 Å². The largest absolute Gasteiger partial charge is 0.362 e. The molecule has 174 valence electrons. The minimum absolute atomic E-state index is 0.0833. The van der Waals surface area contributed by atoms with Crippen molar-refractivity contribution in [3.05, 3.63) is 54.1 Å². The van der Waals surface area contributed by atoms with Gasteiger partial charge in [0.25, 0.3) is 5.91 Å². The molecular weight excluding hydrogens is 438 g/mol. The summed E-state index contributed by atoms with van der Waals surface area (Å²) in [4.78, 5) is 24.2. The average molecular weight is 468 g/mol. The molecule has 1 saturated carbocycles. The summed E-state index contributed by atoms with van der Waals surface area (Å²) in [6.07, 6.45) is 4.63. The number of amides is 1. The number of fused-ring (bicyclic) bond motifs is 1. The molecule has 8 nitrogen and oxygen atoms in total. The Hall–Kier alpha value is -3.20. The van der Waals surface area contributed by atoms with Crippen LogP contribution >= 0.6 is 0 Å². The van der Waals surface area contributed by atoms with Gasteiger partial charge in [-0.25, -0.2) is 13.4 Å². The minimum atomic E-state index is -3.28. The highest BCUT2D eigenvalue weighted by molar-refractivity contribution is 7.90. The van der Waals surface area contributed by atoms with Gasteiger partial charge in [-0.3, -0.25) is 4.79 Å². The molecule has 1 heterocycles. The van der Waals surface area contributed by atoms with Crippen molar-refractivity contribution in [2.45, 2.75) is 42.7 Å². The molecular formula is C24H29N5O3S. The topological polar surface area (TPSA) is 104 Å². The Morgan fingerprint density at radius 1 is 0.939 bits per heavy atom. The van der Waals surface area contributed by atoms with Crippen LogP contribution < -0.4 is 15.5 Å². The third-order valence-electron chi connectivity index (χ3n) is 5.95. The highest BCUT2D eigenvalue weighted by Crippen LogP contribution is 2.26. The number of rotatable bonds is 6. The highest BCUT2D eigenvalue weighted by atomic mass is 32.2. The fraction of sp³-hybridized carbons (Fsp3) is 0.375. The van der Waals surface area contributed by atoms with E-state index in [1.54, 1.807) is 12.1 Å². The maximum absolute atomic E-state index is 12.6. The van der Waals surface area contributed by atoms with E-state index in [2.05, 4.69) is 15.6 Å². The van der Waals surface area contributed by atoms with Gasteiger partial charge in [0.15, 0.2) is 9.84 Å². The Labute approximate surface area is 194 Å². The Kier molecular flexibility index (Phi) is 6.51. The number of anilines is 2. The van der Waals surface area contributed by atoms with E-state index in [1.165, 1.54) is 12.1 Å². The molecule has 0 bridgehead atoms. The van der Waals surface area contributed by atoms with E-state index in [-0.39, 0.29) is 22.9 Å². The molecule has 4 rings (SSSR count). The summed E-state index contributed by atoms with van der Waals surface area (Å²) >= 11 is 0. The number of aromatic nitrogens is 2. The number of para-hydroxylation sites is 1. The van der Waals surface area contributed by atoms with E-state index in [9.17, 15) is 13.2 Å². The van der Waals surface area contributed by atoms with Gasteiger partial charge in [-0.05, 0) is 62.1 Å². The number of benzene rings is 2. The molecule has 0 atom stereocenters. The van der Waals surface area contributed by atoms with Gasteiger partial charge < -0.3 is 15.5 Å². The maximum Gasteiger partial charge on any atom is 0.251 e. The molecule has 3 aromatic rings. The SMILES string of the molecule is CN(C)c1nc(N[C@H]2CC[C@@H](NC(=O)c3ccc(S(C)(=O)=O)cc3)CC2)nc2ccccc12. The Morgan fingerprint density at radius 3 is 2.21 bits per heavy atom. The lowest BCUT2D eigenvalue weighted by Gasteiger charge is -2.30. The number of sulfone groups is 1. The molecule has 1 aromatic heterocycles. The predicted molar refractivity (Wildman–Crippen MR) is 131 cm³/mol. The van der Waals surface area contributed by atoms with Crippen molar-refractivity contribution in [3.8, 4) is 0 Å². The van der Waals surface area contributed by atoms with Gasteiger partial charge in [-0.1, -0.05) is 12.1 Å². The fourth-order valence-corrected chi connectivity index (χ4v) is 4.78. The van der Waals surface area contributed by atoms with Gasteiger partial charge in [0.2, 0.25) is 5.95 Å². The van der Waals surface area contributed by atoms with Crippen molar-refractivity contribution in [2.24, 2.45) is 0 Å². The van der Waals surface area contributed by atoms with E-state index >= 15 is 0 Å². The molecule has 2 N–H and O–H groups in total. The third kappa shape index (κ3) is 5.42. The van der Waals surface area contributed by atoms with Crippen molar-refractivity contribution in [3.63, 3.8) is 0 Å². The van der Waals surface area contributed by atoms with Crippen molar-refractivity contribution in [1.82, 2.24) is 15.3 Å². The normalized spacial score (nSPS) is 18.6. The van der Waals surface area contributed by atoms with Crippen LogP contribution in [0.1, 0.15) is 36.0 Å². The van der Waals surface area contributed by atoms with Crippen LogP contribution in [0.5, 0.6) is 0 Å². The quantitative estimate of drug-likeness (QED) is 0.573. The van der Waals surface area contributed by atoms with Crippen LogP contribution in [0.15, 0.2) is 53.4 Å². The van der Waals surface area contributed by atoms with Crippen LogP contribution in [0.2, 0.25) is 0 Å². The van der Waals surface area contributed by atoms with Crippen molar-refractivity contribution in [2.75, 3.05) is 30.6 Å². The number of nitrogens with one attached hydrogen (secondary N) is 2. The van der Waals surface area contributed by atoms with E-state index in [1.807, 2.05) is 43.3 Å². The van der Waals surface area contributed by atoms with Gasteiger partial charge in [0, 0.05) is 43.4 Å². The number of hydrogen-bond acceptors (Lipinski definition) is 7. The first-order chi connectivity index (χ1) is 15.7. The Balaban J connectivity index is 1.35. The van der Waals surface area contributed by atoms with E-state index in [0.717, 1.165) is 48.7 Å². The molecule has 0 radical (unpaired) electrons. The number of nitrogens with zero attached hydrogens (tertiary/aromatic N) is 3. The smallest absolute Gasteiger partial charge is 0.251 e. The van der Waals surface area contributed by atoms with Gasteiger partial charge in [-0.15, -0.1) is 0 Å². The number of carbonyl (C=O) groups is 1. The third-order valence-corrected chi connectivity index (χ3v) is 7.08. The van der Waals surface area contributed by atoms with E-state index in [0.29, 0.717) is 11.5 Å². The highest BCUT2D eigenvalue weighted by Gasteiger charge is 2.24. The second-order valence-electron chi connectivity index (χ2n) is 8.75. The van der Waals surface area contributed by atoms with Crippen molar-refractivity contribution in [1.29, 1.82) is 0 Å². The average Bonchev–Trinajstić information content (AvgIpc) is 2.79. The van der Waals surface area contributed by atoms with Crippen LogP contribution in [0, 0.1) is 0 Å². The molecule has 1 aliphatic carbocycles. The molecule has 0 saturated heterocycles. The standard InChI is InChI=1S/C24H29N5O3S/c1-29(2)22-20-6-4-5-7-21(20)27-24(28-22)26-18-12-10-17(11-13-18)25-23(30)16-8-14-19(15-9-16)33(3,31)32/h4-9,14-15,17-18H,10-13H2,1-3H3,(H,25,30)(H,26,27,28)/t17-,18+. The summed E-state index contributed by atoms with van der Waals surface area (Å²) in [6, 6.07) is 14.3. The van der Waals surface area contributed by atoms with Crippen LogP contribution in [0.25, 0.3) is 10.9 Å². The van der Waals surface area contributed by atoms with Crippen LogP contribution in [0.3, 0.4) is 0 Å². The molecule has 0 aliphatic heterocycles. The second-order valence-corrected chi connectivity index (χ2v) is 10.8. The number of hydrogen-bond donors (Lipinski definition) is 2. The summed E-state index contributed by atoms with van der Waals surface area (Å²) in [6.45, 7) is 0. The first kappa shape index (κ1) is 23.0. The van der Waals surface area contributed by atoms with Gasteiger partial charge in [-0.2, -0.15) is 4.98 Å². The molecule has 9 heteroatoms. The first-order valence-corrected chi connectivity index (χ1v) is 12.9. The van der Waals surface area contributed by atoms with Gasteiger partial charge in [0.05, 0.1) is 10.4 Å². The Bertz CT molecular complexity index is 1250. The molecule has 0 spiro atoms. The van der Waals surface area contributed by atoms with E-state index in [4.69, 9.17) is 4.98 Å². The summed E-state index contributed by atoms with van der Waals surface area (Å²) in [5, 5.41) is 7.57. The summed E-state index contributed by atoms with van der Waals surface area (Å²) in [7, 11) is 0.671. The molecule has 1 amide bonds. The first-order valence-electron chi connectivity index (χ1n) is 11.0. The maximum atomic E-state index is 12.6. The van der Waals surface area contributed by atoms with E-state index < -0.39 is 9.84 Å². The summed E-state index contributed by atoms with van der Waals surface area (Å²) in [5.74, 6) is 1.32. The number of carbonyl (C=O) groups excluding carboxylic acids is 1. The lowest BCUT2D eigenvalue weighted by molar-refractivity contribution is 0.0926. The second kappa shape index (κ2) is 9.35. The zero-order valence-corrected chi connectivity index (χ0v) is 19.9.